The summed E-state index contributed by atoms with van der Waals surface area (Å²) < 4.78 is 83.1. The highest BCUT2D eigenvalue weighted by Gasteiger charge is 2.34. The molecule has 0 aliphatic heterocycles. The SMILES string of the molecule is O=[N+]([O-])c1cc(Br)cc(F)c1Oc1c(F)cc(C(F)(F)F)cc1F. The molecule has 0 unspecified atom stereocenters. The molecule has 11 heteroatoms. The third kappa shape index (κ3) is 3.61. The minimum absolute atomic E-state index is 0.0487. The number of halogens is 7. The molecule has 128 valence electrons. The number of nitro benzene ring substituents is 1. The number of rotatable bonds is 3. The van der Waals surface area contributed by atoms with Crippen molar-refractivity contribution in [3.8, 4) is 11.5 Å². The van der Waals surface area contributed by atoms with Crippen LogP contribution in [0.5, 0.6) is 11.5 Å². The normalized spacial score (nSPS) is 11.5. The van der Waals surface area contributed by atoms with Crippen molar-refractivity contribution in [1.29, 1.82) is 0 Å². The van der Waals surface area contributed by atoms with Gasteiger partial charge >= 0.3 is 11.9 Å². The lowest BCUT2D eigenvalue weighted by Crippen LogP contribution is -2.07. The molecule has 0 saturated carbocycles. The Bertz CT molecular complexity index is 801. The van der Waals surface area contributed by atoms with Gasteiger partial charge in [0.15, 0.2) is 23.2 Å². The monoisotopic (exact) mass is 415 g/mol. The molecule has 0 atom stereocenters. The average Bonchev–Trinajstić information content (AvgIpc) is 2.42. The van der Waals surface area contributed by atoms with Crippen molar-refractivity contribution in [1.82, 2.24) is 0 Å². The number of hydrogen-bond acceptors (Lipinski definition) is 3. The molecule has 0 aliphatic rings. The zero-order chi connectivity index (χ0) is 18.2. The van der Waals surface area contributed by atoms with Crippen molar-refractivity contribution in [3.05, 3.63) is 61.9 Å². The van der Waals surface area contributed by atoms with E-state index in [0.717, 1.165) is 12.1 Å². The van der Waals surface area contributed by atoms with Crippen LogP contribution in [0.2, 0.25) is 0 Å². The Morgan fingerprint density at radius 3 is 1.92 bits per heavy atom. The van der Waals surface area contributed by atoms with Gasteiger partial charge in [-0.05, 0) is 18.2 Å². The highest BCUT2D eigenvalue weighted by Crippen LogP contribution is 2.40. The zero-order valence-electron chi connectivity index (χ0n) is 11.1. The first-order chi connectivity index (χ1) is 11.0. The van der Waals surface area contributed by atoms with Crippen LogP contribution in [0, 0.1) is 27.6 Å². The molecule has 0 radical (unpaired) electrons. The lowest BCUT2D eigenvalue weighted by atomic mass is 10.2. The Kier molecular flexibility index (Phi) is 4.74. The van der Waals surface area contributed by atoms with Crippen LogP contribution in [-0.2, 0) is 6.18 Å². The van der Waals surface area contributed by atoms with Crippen LogP contribution < -0.4 is 4.74 Å². The van der Waals surface area contributed by atoms with E-state index in [1.807, 2.05) is 0 Å². The Morgan fingerprint density at radius 2 is 1.46 bits per heavy atom. The summed E-state index contributed by atoms with van der Waals surface area (Å²) in [6.07, 6.45) is -5.02. The molecule has 2 aromatic carbocycles. The average molecular weight is 416 g/mol. The van der Waals surface area contributed by atoms with Crippen LogP contribution in [0.1, 0.15) is 5.56 Å². The summed E-state index contributed by atoms with van der Waals surface area (Å²) in [6.45, 7) is 0. The molecule has 4 nitrogen and oxygen atoms in total. The van der Waals surface area contributed by atoms with Crippen LogP contribution in [-0.4, -0.2) is 4.92 Å². The van der Waals surface area contributed by atoms with Crippen LogP contribution in [0.15, 0.2) is 28.7 Å². The molecule has 0 heterocycles. The maximum absolute atomic E-state index is 13.8. The summed E-state index contributed by atoms with van der Waals surface area (Å²) in [6, 6.07) is 1.39. The first-order valence-electron chi connectivity index (χ1n) is 5.88. The van der Waals surface area contributed by atoms with E-state index in [-0.39, 0.29) is 16.6 Å². The fraction of sp³-hybridized carbons (Fsp3) is 0.0769. The van der Waals surface area contributed by atoms with Crippen molar-refractivity contribution in [3.63, 3.8) is 0 Å². The van der Waals surface area contributed by atoms with Gasteiger partial charge in [-0.3, -0.25) is 10.1 Å². The summed E-state index contributed by atoms with van der Waals surface area (Å²) in [5, 5.41) is 10.9. The van der Waals surface area contributed by atoms with Crippen LogP contribution in [0.3, 0.4) is 0 Å². The van der Waals surface area contributed by atoms with E-state index in [9.17, 15) is 36.5 Å². The second-order valence-corrected chi connectivity index (χ2v) is 5.28. The number of nitro groups is 1. The Hall–Kier alpha value is -2.30. The Morgan fingerprint density at radius 1 is 0.958 bits per heavy atom. The van der Waals surface area contributed by atoms with E-state index in [1.54, 1.807) is 0 Å². The van der Waals surface area contributed by atoms with Crippen LogP contribution in [0.25, 0.3) is 0 Å². The van der Waals surface area contributed by atoms with Crippen molar-refractivity contribution in [2.24, 2.45) is 0 Å². The minimum Gasteiger partial charge on any atom is -0.441 e. The van der Waals surface area contributed by atoms with Crippen molar-refractivity contribution in [2.75, 3.05) is 0 Å². The summed E-state index contributed by atoms with van der Waals surface area (Å²) in [4.78, 5) is 9.79. The van der Waals surface area contributed by atoms with E-state index < -0.39 is 51.3 Å². The second kappa shape index (κ2) is 6.30. The van der Waals surface area contributed by atoms with E-state index in [4.69, 9.17) is 0 Å². The number of benzene rings is 2. The molecule has 0 aromatic heterocycles. The van der Waals surface area contributed by atoms with Gasteiger partial charge in [-0.25, -0.2) is 13.2 Å². The van der Waals surface area contributed by atoms with Gasteiger partial charge in [0, 0.05) is 10.5 Å². The number of nitrogens with zero attached hydrogens (tertiary/aromatic N) is 1. The first kappa shape index (κ1) is 18.0. The fourth-order valence-electron chi connectivity index (χ4n) is 1.71. The van der Waals surface area contributed by atoms with Gasteiger partial charge < -0.3 is 4.74 Å². The third-order valence-electron chi connectivity index (χ3n) is 2.72. The lowest BCUT2D eigenvalue weighted by Gasteiger charge is -2.12. The third-order valence-corrected chi connectivity index (χ3v) is 3.17. The molecule has 0 N–H and O–H groups in total. The molecular formula is C13H4BrF6NO3. The predicted molar refractivity (Wildman–Crippen MR) is 72.2 cm³/mol. The molecule has 0 amide bonds. The molecular weight excluding hydrogens is 412 g/mol. The molecule has 2 aromatic rings. The van der Waals surface area contributed by atoms with Gasteiger partial charge in [0.2, 0.25) is 5.75 Å². The summed E-state index contributed by atoms with van der Waals surface area (Å²) >= 11 is 2.79. The quantitative estimate of drug-likeness (QED) is 0.373. The molecule has 2 rings (SSSR count). The molecule has 0 aliphatic carbocycles. The minimum atomic E-state index is -5.02. The molecule has 0 spiro atoms. The van der Waals surface area contributed by atoms with Gasteiger partial charge in [0.1, 0.15) is 0 Å². The highest BCUT2D eigenvalue weighted by molar-refractivity contribution is 9.10. The standard InChI is InChI=1S/C13H4BrF6NO3/c14-6-3-9(17)12(10(4-6)21(22)23)24-11-7(15)1-5(2-8(11)16)13(18,19)20/h1-4H. The van der Waals surface area contributed by atoms with Crippen molar-refractivity contribution in [2.45, 2.75) is 6.18 Å². The Labute approximate surface area is 137 Å². The maximum atomic E-state index is 13.8. The van der Waals surface area contributed by atoms with Crippen LogP contribution >= 0.6 is 15.9 Å². The highest BCUT2D eigenvalue weighted by atomic mass is 79.9. The van der Waals surface area contributed by atoms with Crippen molar-refractivity contribution < 1.29 is 36.0 Å². The molecule has 0 saturated heterocycles. The van der Waals surface area contributed by atoms with Gasteiger partial charge in [-0.15, -0.1) is 0 Å². The number of hydrogen-bond donors (Lipinski definition) is 0. The van der Waals surface area contributed by atoms with E-state index in [0.29, 0.717) is 0 Å². The second-order valence-electron chi connectivity index (χ2n) is 4.36. The lowest BCUT2D eigenvalue weighted by molar-refractivity contribution is -0.385. The summed E-state index contributed by atoms with van der Waals surface area (Å²) in [5.74, 6) is -7.46. The molecule has 24 heavy (non-hydrogen) atoms. The summed E-state index contributed by atoms with van der Waals surface area (Å²) in [7, 11) is 0. The van der Waals surface area contributed by atoms with Gasteiger partial charge in [0.25, 0.3) is 0 Å². The predicted octanol–water partition coefficient (Wildman–Crippen LogP) is 5.59. The largest absolute Gasteiger partial charge is 0.441 e. The molecule has 0 bridgehead atoms. The topological polar surface area (TPSA) is 52.4 Å². The number of ether oxygens (including phenoxy) is 1. The van der Waals surface area contributed by atoms with Gasteiger partial charge in [-0.2, -0.15) is 13.2 Å². The fourth-order valence-corrected chi connectivity index (χ4v) is 2.12. The van der Waals surface area contributed by atoms with Gasteiger partial charge in [0.05, 0.1) is 10.5 Å². The van der Waals surface area contributed by atoms with Gasteiger partial charge in [-0.1, -0.05) is 15.9 Å². The maximum Gasteiger partial charge on any atom is 0.416 e. The van der Waals surface area contributed by atoms with E-state index in [1.165, 1.54) is 0 Å². The zero-order valence-corrected chi connectivity index (χ0v) is 12.7. The summed E-state index contributed by atoms with van der Waals surface area (Å²) in [5.41, 5.74) is -2.60. The first-order valence-corrected chi connectivity index (χ1v) is 6.67. The van der Waals surface area contributed by atoms with Crippen LogP contribution in [0.4, 0.5) is 32.0 Å². The smallest absolute Gasteiger partial charge is 0.416 e. The Balaban J connectivity index is 2.56. The van der Waals surface area contributed by atoms with E-state index >= 15 is 0 Å². The number of alkyl halides is 3. The van der Waals surface area contributed by atoms with E-state index in [2.05, 4.69) is 20.7 Å². The van der Waals surface area contributed by atoms with Crippen molar-refractivity contribution >= 4 is 21.6 Å². The molecule has 0 fully saturated rings.